The first-order valence-electron chi connectivity index (χ1n) is 8.79. The molecule has 0 spiro atoms. The minimum atomic E-state index is -4.45. The Morgan fingerprint density at radius 1 is 1.12 bits per heavy atom. The molecule has 3 N–H and O–H groups in total. The molecule has 1 aromatic rings. The molecule has 0 aliphatic carbocycles. The van der Waals surface area contributed by atoms with E-state index in [4.69, 9.17) is 0 Å². The van der Waals surface area contributed by atoms with Gasteiger partial charge >= 0.3 is 6.18 Å². The second kappa shape index (κ2) is 7.67. The van der Waals surface area contributed by atoms with Crippen LogP contribution in [0.15, 0.2) is 18.3 Å². The first-order chi connectivity index (χ1) is 12.3. The number of pyridine rings is 1. The molecule has 1 aromatic heterocycles. The molecule has 0 unspecified atom stereocenters. The zero-order valence-electron chi connectivity index (χ0n) is 14.3. The topological polar surface area (TPSA) is 80.1 Å². The van der Waals surface area contributed by atoms with Gasteiger partial charge in [0, 0.05) is 38.9 Å². The maximum absolute atomic E-state index is 13.2. The van der Waals surface area contributed by atoms with Crippen molar-refractivity contribution >= 4 is 5.82 Å². The summed E-state index contributed by atoms with van der Waals surface area (Å²) >= 11 is 0. The van der Waals surface area contributed by atoms with Gasteiger partial charge in [0.1, 0.15) is 11.9 Å². The van der Waals surface area contributed by atoms with Crippen molar-refractivity contribution in [1.82, 2.24) is 9.88 Å². The molecule has 9 heteroatoms. The number of likely N-dealkylation sites (tertiary alicyclic amines) is 1. The summed E-state index contributed by atoms with van der Waals surface area (Å²) in [5.41, 5.74) is -0.729. The predicted octanol–water partition coefficient (Wildman–Crippen LogP) is 0.715. The van der Waals surface area contributed by atoms with Gasteiger partial charge in [0.2, 0.25) is 0 Å². The average Bonchev–Trinajstić information content (AvgIpc) is 2.59. The lowest BCUT2D eigenvalue weighted by atomic mass is 9.94. The molecular weight excluding hydrogens is 351 g/mol. The van der Waals surface area contributed by atoms with Gasteiger partial charge in [-0.15, -0.1) is 0 Å². The zero-order valence-corrected chi connectivity index (χ0v) is 14.3. The van der Waals surface area contributed by atoms with Crippen LogP contribution in [0.3, 0.4) is 0 Å². The van der Waals surface area contributed by atoms with Crippen molar-refractivity contribution in [2.45, 2.75) is 37.3 Å². The summed E-state index contributed by atoms with van der Waals surface area (Å²) < 4.78 is 39.7. The highest BCUT2D eigenvalue weighted by atomic mass is 19.4. The summed E-state index contributed by atoms with van der Waals surface area (Å²) in [7, 11) is 0. The second-order valence-corrected chi connectivity index (χ2v) is 7.17. The lowest BCUT2D eigenvalue weighted by Gasteiger charge is -2.41. The van der Waals surface area contributed by atoms with Crippen molar-refractivity contribution in [3.05, 3.63) is 23.9 Å². The van der Waals surface area contributed by atoms with Crippen LogP contribution in [0.5, 0.6) is 0 Å². The Balaban J connectivity index is 1.67. The number of aliphatic hydroxyl groups is 3. The fourth-order valence-corrected chi connectivity index (χ4v) is 3.87. The van der Waals surface area contributed by atoms with Crippen molar-refractivity contribution in [2.24, 2.45) is 5.92 Å². The van der Waals surface area contributed by atoms with Gasteiger partial charge in [-0.25, -0.2) is 4.98 Å². The number of alkyl halides is 3. The molecule has 4 atom stereocenters. The Morgan fingerprint density at radius 3 is 2.46 bits per heavy atom. The minimum absolute atomic E-state index is 0.0427. The molecule has 2 aliphatic rings. The summed E-state index contributed by atoms with van der Waals surface area (Å²) in [6.07, 6.45) is -4.68. The molecule has 3 heterocycles. The van der Waals surface area contributed by atoms with Crippen molar-refractivity contribution in [3.8, 4) is 0 Å². The normalized spacial score (nSPS) is 31.2. The lowest BCUT2D eigenvalue weighted by molar-refractivity contribution is -0.137. The molecule has 3 rings (SSSR count). The molecule has 146 valence electrons. The molecule has 2 aliphatic heterocycles. The van der Waals surface area contributed by atoms with E-state index in [2.05, 4.69) is 4.98 Å². The second-order valence-electron chi connectivity index (χ2n) is 7.17. The first kappa shape index (κ1) is 19.3. The summed E-state index contributed by atoms with van der Waals surface area (Å²) in [4.78, 5) is 7.49. The number of aromatic nitrogens is 1. The molecule has 2 saturated heterocycles. The quantitative estimate of drug-likeness (QED) is 0.722. The molecular formula is C17H24F3N3O3. The van der Waals surface area contributed by atoms with Gasteiger partial charge in [0.25, 0.3) is 0 Å². The highest BCUT2D eigenvalue weighted by molar-refractivity contribution is 5.48. The summed E-state index contributed by atoms with van der Waals surface area (Å²) in [5, 5.41) is 29.2. The van der Waals surface area contributed by atoms with Gasteiger partial charge in [-0.1, -0.05) is 0 Å². The largest absolute Gasteiger partial charge is 0.419 e. The molecule has 0 bridgehead atoms. The molecule has 2 fully saturated rings. The third-order valence-corrected chi connectivity index (χ3v) is 5.11. The van der Waals surface area contributed by atoms with Gasteiger partial charge in [0.05, 0.1) is 17.8 Å². The van der Waals surface area contributed by atoms with E-state index in [1.54, 1.807) is 4.90 Å². The summed E-state index contributed by atoms with van der Waals surface area (Å²) in [6.45, 7) is 1.98. The highest BCUT2D eigenvalue weighted by Gasteiger charge is 2.38. The number of nitrogens with zero attached hydrogens (tertiary/aromatic N) is 3. The fraction of sp³-hybridized carbons (Fsp3) is 0.706. The number of halogens is 3. The van der Waals surface area contributed by atoms with Crippen LogP contribution in [0.1, 0.15) is 18.4 Å². The Kier molecular flexibility index (Phi) is 5.71. The highest BCUT2D eigenvalue weighted by Crippen LogP contribution is 2.36. The maximum Gasteiger partial charge on any atom is 0.419 e. The van der Waals surface area contributed by atoms with Crippen molar-refractivity contribution in [3.63, 3.8) is 0 Å². The summed E-state index contributed by atoms with van der Waals surface area (Å²) in [5.74, 6) is 0.0559. The maximum atomic E-state index is 13.2. The van der Waals surface area contributed by atoms with E-state index < -0.39 is 30.1 Å². The SMILES string of the molecule is O[C@H]1[C@H](O)CN(C[C@H]2CCCN(c3ncccc3C(F)(F)F)C2)C[C@@H]1O. The monoisotopic (exact) mass is 375 g/mol. The Morgan fingerprint density at radius 2 is 1.81 bits per heavy atom. The average molecular weight is 375 g/mol. The third-order valence-electron chi connectivity index (χ3n) is 5.11. The molecule has 26 heavy (non-hydrogen) atoms. The number of β-amino-alcohol motifs (C(OH)–C–C–N with tert-alkyl or cyclic N) is 2. The number of piperidine rings is 2. The van der Waals surface area contributed by atoms with Crippen LogP contribution in [0, 0.1) is 5.92 Å². The predicted molar refractivity (Wildman–Crippen MR) is 88.6 cm³/mol. The van der Waals surface area contributed by atoms with E-state index >= 15 is 0 Å². The van der Waals surface area contributed by atoms with E-state index in [9.17, 15) is 28.5 Å². The van der Waals surface area contributed by atoms with Crippen LogP contribution in [-0.4, -0.2) is 76.2 Å². The lowest BCUT2D eigenvalue weighted by Crippen LogP contribution is -2.56. The van der Waals surface area contributed by atoms with E-state index in [1.165, 1.54) is 12.3 Å². The van der Waals surface area contributed by atoms with E-state index in [1.807, 2.05) is 4.90 Å². The van der Waals surface area contributed by atoms with Gasteiger partial charge in [-0.05, 0) is 30.9 Å². The number of rotatable bonds is 3. The zero-order chi connectivity index (χ0) is 18.9. The van der Waals surface area contributed by atoms with Crippen molar-refractivity contribution < 1.29 is 28.5 Å². The number of aliphatic hydroxyl groups excluding tert-OH is 3. The molecule has 0 amide bonds. The van der Waals surface area contributed by atoms with Crippen LogP contribution >= 0.6 is 0 Å². The smallest absolute Gasteiger partial charge is 0.389 e. The van der Waals surface area contributed by atoms with Crippen LogP contribution in [0.2, 0.25) is 0 Å². The number of hydrogen-bond donors (Lipinski definition) is 3. The van der Waals surface area contributed by atoms with E-state index in [0.717, 1.165) is 18.9 Å². The standard InChI is InChI=1S/C17H24F3N3O3/c18-17(19,20)12-4-1-5-21-16(12)23-6-2-3-11(8-23)7-22-9-13(24)15(26)14(25)10-22/h1,4-5,11,13-15,24-26H,2-3,6-10H2/t11-,13-,14+,15+/m1/s1. The van der Waals surface area contributed by atoms with Crippen LogP contribution < -0.4 is 4.90 Å². The Hall–Kier alpha value is -1.42. The molecule has 0 radical (unpaired) electrons. The first-order valence-corrected chi connectivity index (χ1v) is 8.79. The van der Waals surface area contributed by atoms with E-state index in [0.29, 0.717) is 19.6 Å². The molecule has 0 saturated carbocycles. The van der Waals surface area contributed by atoms with Gasteiger partial charge in [-0.2, -0.15) is 13.2 Å². The Labute approximate surface area is 149 Å². The van der Waals surface area contributed by atoms with Gasteiger partial charge < -0.3 is 20.2 Å². The van der Waals surface area contributed by atoms with Crippen LogP contribution in [0.4, 0.5) is 19.0 Å². The third kappa shape index (κ3) is 4.28. The molecule has 0 aromatic carbocycles. The molecule has 6 nitrogen and oxygen atoms in total. The van der Waals surface area contributed by atoms with Crippen molar-refractivity contribution in [1.29, 1.82) is 0 Å². The summed E-state index contributed by atoms with van der Waals surface area (Å²) in [6, 6.07) is 2.33. The van der Waals surface area contributed by atoms with Crippen molar-refractivity contribution in [2.75, 3.05) is 37.6 Å². The van der Waals surface area contributed by atoms with Gasteiger partial charge in [-0.3, -0.25) is 4.90 Å². The van der Waals surface area contributed by atoms with Crippen LogP contribution in [0.25, 0.3) is 0 Å². The minimum Gasteiger partial charge on any atom is -0.389 e. The number of hydrogen-bond acceptors (Lipinski definition) is 6. The Bertz CT molecular complexity index is 604. The van der Waals surface area contributed by atoms with Crippen LogP contribution in [-0.2, 0) is 6.18 Å². The van der Waals surface area contributed by atoms with E-state index in [-0.39, 0.29) is 24.8 Å². The fourth-order valence-electron chi connectivity index (χ4n) is 3.87. The number of anilines is 1. The van der Waals surface area contributed by atoms with Gasteiger partial charge in [0.15, 0.2) is 0 Å².